The standard InChI is InChI=1S/C17H21FN6O/c1-11(17-19-12(2)22-25-17)24-8-6-23(7-9-24)10-15-20-14-5-3-4-13(18)16(14)21-15/h3-5,11H,6-10H2,1-2H3,(H,20,21). The summed E-state index contributed by atoms with van der Waals surface area (Å²) in [4.78, 5) is 16.6. The fourth-order valence-electron chi connectivity index (χ4n) is 3.28. The first kappa shape index (κ1) is 16.2. The molecule has 4 rings (SSSR count). The quantitative estimate of drug-likeness (QED) is 0.783. The molecule has 3 aromatic rings. The summed E-state index contributed by atoms with van der Waals surface area (Å²) in [5, 5.41) is 3.86. The number of nitrogens with zero attached hydrogens (tertiary/aromatic N) is 5. The predicted molar refractivity (Wildman–Crippen MR) is 90.4 cm³/mol. The largest absolute Gasteiger partial charge is 0.341 e. The number of aromatic nitrogens is 4. The van der Waals surface area contributed by atoms with Gasteiger partial charge in [-0.15, -0.1) is 0 Å². The second kappa shape index (κ2) is 6.53. The van der Waals surface area contributed by atoms with E-state index in [-0.39, 0.29) is 11.9 Å². The molecule has 1 aromatic carbocycles. The first-order valence-corrected chi connectivity index (χ1v) is 8.50. The molecule has 1 aliphatic rings. The number of nitrogens with one attached hydrogen (secondary N) is 1. The molecule has 25 heavy (non-hydrogen) atoms. The summed E-state index contributed by atoms with van der Waals surface area (Å²) < 4.78 is 19.0. The Kier molecular flexibility index (Phi) is 4.22. The number of aryl methyl sites for hydroxylation is 1. The molecule has 132 valence electrons. The van der Waals surface area contributed by atoms with E-state index in [4.69, 9.17) is 4.52 Å². The van der Waals surface area contributed by atoms with Crippen molar-refractivity contribution in [2.24, 2.45) is 0 Å². The SMILES string of the molecule is Cc1noc(C(C)N2CCN(Cc3nc4c(F)cccc4[nH]3)CC2)n1. The Balaban J connectivity index is 1.37. The number of hydrogen-bond acceptors (Lipinski definition) is 6. The molecule has 2 aromatic heterocycles. The summed E-state index contributed by atoms with van der Waals surface area (Å²) in [7, 11) is 0. The third-order valence-electron chi connectivity index (χ3n) is 4.74. The molecule has 1 unspecified atom stereocenters. The maximum atomic E-state index is 13.8. The predicted octanol–water partition coefficient (Wildman–Crippen LogP) is 2.27. The van der Waals surface area contributed by atoms with Crippen LogP contribution in [-0.4, -0.2) is 56.1 Å². The molecule has 1 aliphatic heterocycles. The van der Waals surface area contributed by atoms with Crippen LogP contribution in [0.4, 0.5) is 4.39 Å². The highest BCUT2D eigenvalue weighted by Gasteiger charge is 2.25. The molecule has 0 saturated carbocycles. The van der Waals surface area contributed by atoms with Gasteiger partial charge in [-0.3, -0.25) is 9.80 Å². The minimum absolute atomic E-state index is 0.114. The van der Waals surface area contributed by atoms with Gasteiger partial charge in [0.15, 0.2) is 11.6 Å². The van der Waals surface area contributed by atoms with Crippen molar-refractivity contribution in [1.29, 1.82) is 0 Å². The number of hydrogen-bond donors (Lipinski definition) is 1. The molecule has 3 heterocycles. The van der Waals surface area contributed by atoms with Crippen molar-refractivity contribution in [3.8, 4) is 0 Å². The van der Waals surface area contributed by atoms with E-state index < -0.39 is 0 Å². The van der Waals surface area contributed by atoms with Gasteiger partial charge in [0, 0.05) is 26.2 Å². The second-order valence-electron chi connectivity index (χ2n) is 6.49. The van der Waals surface area contributed by atoms with Crippen LogP contribution >= 0.6 is 0 Å². The van der Waals surface area contributed by atoms with Gasteiger partial charge in [0.2, 0.25) is 5.89 Å². The lowest BCUT2D eigenvalue weighted by atomic mass is 10.2. The summed E-state index contributed by atoms with van der Waals surface area (Å²) in [5.74, 6) is 1.85. The Hall–Kier alpha value is -2.32. The van der Waals surface area contributed by atoms with E-state index in [0.29, 0.717) is 23.8 Å². The van der Waals surface area contributed by atoms with Gasteiger partial charge in [-0.25, -0.2) is 9.37 Å². The van der Waals surface area contributed by atoms with E-state index in [1.54, 1.807) is 6.07 Å². The lowest BCUT2D eigenvalue weighted by Gasteiger charge is -2.36. The van der Waals surface area contributed by atoms with Crippen LogP contribution in [-0.2, 0) is 6.54 Å². The van der Waals surface area contributed by atoms with Gasteiger partial charge in [-0.1, -0.05) is 11.2 Å². The zero-order valence-electron chi connectivity index (χ0n) is 14.4. The van der Waals surface area contributed by atoms with Crippen molar-refractivity contribution < 1.29 is 8.91 Å². The van der Waals surface area contributed by atoms with Gasteiger partial charge in [0.25, 0.3) is 0 Å². The molecule has 8 heteroatoms. The Bertz CT molecular complexity index is 867. The average Bonchev–Trinajstić information content (AvgIpc) is 3.22. The van der Waals surface area contributed by atoms with Crippen LogP contribution in [0.3, 0.4) is 0 Å². The number of imidazole rings is 1. The molecule has 0 spiro atoms. The van der Waals surface area contributed by atoms with Gasteiger partial charge in [0.05, 0.1) is 18.1 Å². The average molecular weight is 344 g/mol. The van der Waals surface area contributed by atoms with Crippen molar-refractivity contribution in [3.05, 3.63) is 41.6 Å². The van der Waals surface area contributed by atoms with Gasteiger partial charge >= 0.3 is 0 Å². The van der Waals surface area contributed by atoms with Crippen molar-refractivity contribution in [2.75, 3.05) is 26.2 Å². The van der Waals surface area contributed by atoms with Gasteiger partial charge < -0.3 is 9.51 Å². The summed E-state index contributed by atoms with van der Waals surface area (Å²) in [5.41, 5.74) is 1.16. The fraction of sp³-hybridized carbons (Fsp3) is 0.471. The van der Waals surface area contributed by atoms with Crippen LogP contribution in [0.25, 0.3) is 11.0 Å². The maximum Gasteiger partial charge on any atom is 0.243 e. The monoisotopic (exact) mass is 344 g/mol. The lowest BCUT2D eigenvalue weighted by Crippen LogP contribution is -2.46. The molecular weight excluding hydrogens is 323 g/mol. The number of fused-ring (bicyclic) bond motifs is 1. The minimum atomic E-state index is -0.284. The zero-order valence-corrected chi connectivity index (χ0v) is 14.4. The number of para-hydroxylation sites is 1. The third kappa shape index (κ3) is 3.27. The van der Waals surface area contributed by atoms with Crippen LogP contribution in [0.5, 0.6) is 0 Å². The number of piperazine rings is 1. The topological polar surface area (TPSA) is 74.1 Å². The first-order valence-electron chi connectivity index (χ1n) is 8.50. The number of benzene rings is 1. The molecule has 0 amide bonds. The van der Waals surface area contributed by atoms with E-state index in [1.807, 2.05) is 13.0 Å². The molecule has 7 nitrogen and oxygen atoms in total. The molecule has 0 aliphatic carbocycles. The molecule has 1 N–H and O–H groups in total. The highest BCUT2D eigenvalue weighted by atomic mass is 19.1. The minimum Gasteiger partial charge on any atom is -0.341 e. The zero-order chi connectivity index (χ0) is 17.4. The molecule has 0 bridgehead atoms. The van der Waals surface area contributed by atoms with E-state index in [2.05, 4.69) is 36.8 Å². The van der Waals surface area contributed by atoms with Crippen LogP contribution in [0.2, 0.25) is 0 Å². The number of aromatic amines is 1. The van der Waals surface area contributed by atoms with E-state index in [1.165, 1.54) is 6.07 Å². The highest BCUT2D eigenvalue weighted by molar-refractivity contribution is 5.75. The molecule has 1 atom stereocenters. The van der Waals surface area contributed by atoms with Crippen molar-refractivity contribution >= 4 is 11.0 Å². The highest BCUT2D eigenvalue weighted by Crippen LogP contribution is 2.21. The summed E-state index contributed by atoms with van der Waals surface area (Å²) in [6, 6.07) is 5.09. The summed E-state index contributed by atoms with van der Waals surface area (Å²) in [6.07, 6.45) is 0. The third-order valence-corrected chi connectivity index (χ3v) is 4.74. The Morgan fingerprint density at radius 1 is 1.24 bits per heavy atom. The first-order chi connectivity index (χ1) is 12.1. The van der Waals surface area contributed by atoms with Crippen LogP contribution in [0.1, 0.15) is 30.5 Å². The van der Waals surface area contributed by atoms with Crippen LogP contribution in [0.15, 0.2) is 22.7 Å². The van der Waals surface area contributed by atoms with E-state index >= 15 is 0 Å². The van der Waals surface area contributed by atoms with E-state index in [0.717, 1.165) is 37.5 Å². The van der Waals surface area contributed by atoms with Crippen molar-refractivity contribution in [3.63, 3.8) is 0 Å². The van der Waals surface area contributed by atoms with Crippen LogP contribution in [0, 0.1) is 12.7 Å². The molecule has 1 saturated heterocycles. The van der Waals surface area contributed by atoms with Crippen molar-refractivity contribution in [2.45, 2.75) is 26.4 Å². The smallest absolute Gasteiger partial charge is 0.243 e. The lowest BCUT2D eigenvalue weighted by molar-refractivity contribution is 0.0833. The normalized spacial score (nSPS) is 18.0. The summed E-state index contributed by atoms with van der Waals surface area (Å²) in [6.45, 7) is 8.26. The molecule has 1 fully saturated rings. The second-order valence-corrected chi connectivity index (χ2v) is 6.49. The van der Waals surface area contributed by atoms with Gasteiger partial charge in [-0.2, -0.15) is 4.98 Å². The maximum absolute atomic E-state index is 13.8. The Morgan fingerprint density at radius 2 is 2.04 bits per heavy atom. The van der Waals surface area contributed by atoms with Gasteiger partial charge in [0.1, 0.15) is 11.3 Å². The summed E-state index contributed by atoms with van der Waals surface area (Å²) >= 11 is 0. The molecular formula is C17H21FN6O. The Morgan fingerprint density at radius 3 is 2.72 bits per heavy atom. The number of halogens is 1. The van der Waals surface area contributed by atoms with Gasteiger partial charge in [-0.05, 0) is 26.0 Å². The Labute approximate surface area is 144 Å². The van der Waals surface area contributed by atoms with Crippen molar-refractivity contribution in [1.82, 2.24) is 29.9 Å². The molecule has 0 radical (unpaired) electrons. The fourth-order valence-corrected chi connectivity index (χ4v) is 3.28. The van der Waals surface area contributed by atoms with Crippen LogP contribution < -0.4 is 0 Å². The van der Waals surface area contributed by atoms with E-state index in [9.17, 15) is 4.39 Å². The number of H-pyrrole nitrogens is 1. The number of rotatable bonds is 4.